The molecule has 1 unspecified atom stereocenters. The lowest BCUT2D eigenvalue weighted by atomic mass is 9.72. The van der Waals surface area contributed by atoms with Gasteiger partial charge in [0.15, 0.2) is 0 Å². The summed E-state index contributed by atoms with van der Waals surface area (Å²) in [6.07, 6.45) is 2.83. The first kappa shape index (κ1) is 17.0. The smallest absolute Gasteiger partial charge is 0.223 e. The standard InChI is InChI=1S/C20H29N3O2/c24-18-15-16-3-1-2-4-17(16)20(18)6-11-23(12-7-20)19(25)5-10-22-13-8-21-9-14-22/h1-4,18,21,24H,5-15H2. The van der Waals surface area contributed by atoms with E-state index >= 15 is 0 Å². The number of aliphatic hydroxyl groups is 1. The van der Waals surface area contributed by atoms with E-state index in [2.05, 4.69) is 34.5 Å². The van der Waals surface area contributed by atoms with Gasteiger partial charge in [0.1, 0.15) is 0 Å². The van der Waals surface area contributed by atoms with E-state index in [9.17, 15) is 9.90 Å². The SMILES string of the molecule is O=C(CCN1CCNCC1)N1CCC2(CC1)c1ccccc1CC2O. The zero-order chi connectivity index (χ0) is 17.3. The van der Waals surface area contributed by atoms with Gasteiger partial charge < -0.3 is 20.2 Å². The average molecular weight is 343 g/mol. The Labute approximate surface area is 150 Å². The van der Waals surface area contributed by atoms with Gasteiger partial charge in [0.25, 0.3) is 0 Å². The minimum Gasteiger partial charge on any atom is -0.392 e. The number of carbonyl (C=O) groups is 1. The minimum atomic E-state index is -0.303. The van der Waals surface area contributed by atoms with E-state index in [1.807, 2.05) is 4.90 Å². The van der Waals surface area contributed by atoms with Crippen molar-refractivity contribution in [3.05, 3.63) is 35.4 Å². The number of aliphatic hydroxyl groups excluding tert-OH is 1. The summed E-state index contributed by atoms with van der Waals surface area (Å²) in [6.45, 7) is 6.54. The zero-order valence-electron chi connectivity index (χ0n) is 14.9. The Morgan fingerprint density at radius 1 is 1.16 bits per heavy atom. The molecule has 1 spiro atoms. The molecule has 2 N–H and O–H groups in total. The van der Waals surface area contributed by atoms with Crippen LogP contribution in [0.5, 0.6) is 0 Å². The molecule has 5 nitrogen and oxygen atoms in total. The first-order valence-corrected chi connectivity index (χ1v) is 9.66. The maximum atomic E-state index is 12.6. The van der Waals surface area contributed by atoms with Crippen LogP contribution in [-0.2, 0) is 16.6 Å². The molecule has 1 aromatic rings. The summed E-state index contributed by atoms with van der Waals surface area (Å²) in [5.41, 5.74) is 2.47. The molecule has 5 heteroatoms. The molecule has 0 radical (unpaired) electrons. The van der Waals surface area contributed by atoms with E-state index in [0.29, 0.717) is 6.42 Å². The average Bonchev–Trinajstić information content (AvgIpc) is 2.93. The molecule has 2 aliphatic heterocycles. The summed E-state index contributed by atoms with van der Waals surface area (Å²) < 4.78 is 0. The largest absolute Gasteiger partial charge is 0.392 e. The number of carbonyl (C=O) groups excluding carboxylic acids is 1. The molecule has 136 valence electrons. The Balaban J connectivity index is 1.34. The molecule has 1 atom stereocenters. The third kappa shape index (κ3) is 3.21. The van der Waals surface area contributed by atoms with Gasteiger partial charge in [-0.1, -0.05) is 24.3 Å². The van der Waals surface area contributed by atoms with E-state index < -0.39 is 0 Å². The summed E-state index contributed by atoms with van der Waals surface area (Å²) in [6, 6.07) is 8.44. The van der Waals surface area contributed by atoms with Gasteiger partial charge >= 0.3 is 0 Å². The van der Waals surface area contributed by atoms with Crippen LogP contribution in [-0.4, -0.2) is 72.7 Å². The summed E-state index contributed by atoms with van der Waals surface area (Å²) in [4.78, 5) is 17.0. The van der Waals surface area contributed by atoms with Gasteiger partial charge in [-0.2, -0.15) is 0 Å². The number of likely N-dealkylation sites (tertiary alicyclic amines) is 1. The van der Waals surface area contributed by atoms with Crippen molar-refractivity contribution < 1.29 is 9.90 Å². The normalized spacial score (nSPS) is 26.0. The molecular weight excluding hydrogens is 314 g/mol. The number of amides is 1. The molecule has 0 bridgehead atoms. The third-order valence-corrected chi connectivity index (χ3v) is 6.46. The molecule has 0 aromatic heterocycles. The van der Waals surface area contributed by atoms with Crippen LogP contribution in [0.3, 0.4) is 0 Å². The maximum Gasteiger partial charge on any atom is 0.223 e. The van der Waals surface area contributed by atoms with Crippen molar-refractivity contribution in [1.82, 2.24) is 15.1 Å². The van der Waals surface area contributed by atoms with Crippen molar-refractivity contribution in [2.45, 2.75) is 37.2 Å². The van der Waals surface area contributed by atoms with Crippen LogP contribution in [0.15, 0.2) is 24.3 Å². The van der Waals surface area contributed by atoms with Crippen molar-refractivity contribution >= 4 is 5.91 Å². The highest BCUT2D eigenvalue weighted by Gasteiger charge is 2.47. The van der Waals surface area contributed by atoms with Crippen molar-refractivity contribution in [2.24, 2.45) is 0 Å². The second-order valence-corrected chi connectivity index (χ2v) is 7.76. The highest BCUT2D eigenvalue weighted by Crippen LogP contribution is 2.46. The van der Waals surface area contributed by atoms with Crippen LogP contribution in [0.2, 0.25) is 0 Å². The second kappa shape index (κ2) is 7.06. The topological polar surface area (TPSA) is 55.8 Å². The fourth-order valence-corrected chi connectivity index (χ4v) is 4.87. The van der Waals surface area contributed by atoms with Crippen LogP contribution in [0, 0.1) is 0 Å². The molecule has 2 saturated heterocycles. The van der Waals surface area contributed by atoms with Crippen LogP contribution in [0.1, 0.15) is 30.4 Å². The fraction of sp³-hybridized carbons (Fsp3) is 0.650. The van der Waals surface area contributed by atoms with Crippen molar-refractivity contribution in [2.75, 3.05) is 45.8 Å². The second-order valence-electron chi connectivity index (χ2n) is 7.76. The monoisotopic (exact) mass is 343 g/mol. The molecule has 4 rings (SSSR count). The Morgan fingerprint density at radius 2 is 1.88 bits per heavy atom. The van der Waals surface area contributed by atoms with Gasteiger partial charge in [0, 0.05) is 57.6 Å². The fourth-order valence-electron chi connectivity index (χ4n) is 4.87. The molecule has 25 heavy (non-hydrogen) atoms. The number of nitrogens with one attached hydrogen (secondary N) is 1. The highest BCUT2D eigenvalue weighted by atomic mass is 16.3. The Kier molecular flexibility index (Phi) is 4.80. The number of piperazine rings is 1. The predicted molar refractivity (Wildman–Crippen MR) is 97.6 cm³/mol. The van der Waals surface area contributed by atoms with Gasteiger partial charge in [-0.05, 0) is 30.4 Å². The molecule has 1 aromatic carbocycles. The lowest BCUT2D eigenvalue weighted by Gasteiger charge is -2.42. The summed E-state index contributed by atoms with van der Waals surface area (Å²) in [5, 5.41) is 14.1. The number of nitrogens with zero attached hydrogens (tertiary/aromatic N) is 2. The molecule has 1 amide bonds. The molecule has 3 aliphatic rings. The number of hydrogen-bond acceptors (Lipinski definition) is 4. The van der Waals surface area contributed by atoms with Gasteiger partial charge in [-0.25, -0.2) is 0 Å². The van der Waals surface area contributed by atoms with E-state index in [-0.39, 0.29) is 17.4 Å². The first-order valence-electron chi connectivity index (χ1n) is 9.66. The van der Waals surface area contributed by atoms with Crippen molar-refractivity contribution in [1.29, 1.82) is 0 Å². The van der Waals surface area contributed by atoms with E-state index in [1.54, 1.807) is 0 Å². The number of rotatable bonds is 3. The minimum absolute atomic E-state index is 0.133. The van der Waals surface area contributed by atoms with Crippen molar-refractivity contribution in [3.8, 4) is 0 Å². The molecule has 2 fully saturated rings. The summed E-state index contributed by atoms with van der Waals surface area (Å²) in [5.74, 6) is 0.272. The van der Waals surface area contributed by atoms with E-state index in [4.69, 9.17) is 0 Å². The van der Waals surface area contributed by atoms with Crippen LogP contribution in [0.25, 0.3) is 0 Å². The maximum absolute atomic E-state index is 12.6. The molecular formula is C20H29N3O2. The quantitative estimate of drug-likeness (QED) is 0.851. The Morgan fingerprint density at radius 3 is 2.64 bits per heavy atom. The van der Waals surface area contributed by atoms with Gasteiger partial charge in [-0.15, -0.1) is 0 Å². The van der Waals surface area contributed by atoms with Gasteiger partial charge in [0.2, 0.25) is 5.91 Å². The van der Waals surface area contributed by atoms with Crippen LogP contribution >= 0.6 is 0 Å². The zero-order valence-corrected chi connectivity index (χ0v) is 14.9. The molecule has 2 heterocycles. The van der Waals surface area contributed by atoms with Crippen LogP contribution < -0.4 is 5.32 Å². The van der Waals surface area contributed by atoms with Gasteiger partial charge in [0.05, 0.1) is 6.10 Å². The summed E-state index contributed by atoms with van der Waals surface area (Å²) in [7, 11) is 0. The lowest BCUT2D eigenvalue weighted by Crippen LogP contribution is -2.50. The lowest BCUT2D eigenvalue weighted by molar-refractivity contribution is -0.133. The predicted octanol–water partition coefficient (Wildman–Crippen LogP) is 0.759. The molecule has 1 aliphatic carbocycles. The molecule has 0 saturated carbocycles. The Hall–Kier alpha value is -1.43. The highest BCUT2D eigenvalue weighted by molar-refractivity contribution is 5.76. The number of hydrogen-bond donors (Lipinski definition) is 2. The summed E-state index contributed by atoms with van der Waals surface area (Å²) >= 11 is 0. The van der Waals surface area contributed by atoms with E-state index in [1.165, 1.54) is 11.1 Å². The Bertz CT molecular complexity index is 619. The third-order valence-electron chi connectivity index (χ3n) is 6.46. The number of piperidine rings is 1. The van der Waals surface area contributed by atoms with E-state index in [0.717, 1.165) is 65.1 Å². The van der Waals surface area contributed by atoms with Crippen molar-refractivity contribution in [3.63, 3.8) is 0 Å². The van der Waals surface area contributed by atoms with Gasteiger partial charge in [-0.3, -0.25) is 4.79 Å². The first-order chi connectivity index (χ1) is 12.2. The number of fused-ring (bicyclic) bond motifs is 2. The van der Waals surface area contributed by atoms with Crippen LogP contribution in [0.4, 0.5) is 0 Å². The number of benzene rings is 1.